The number of aliphatic hydroxyl groups is 1. The van der Waals surface area contributed by atoms with Crippen LogP contribution in [0.4, 0.5) is 0 Å². The van der Waals surface area contributed by atoms with Crippen molar-refractivity contribution in [2.75, 3.05) is 25.4 Å². The summed E-state index contributed by atoms with van der Waals surface area (Å²) in [6.07, 6.45) is 3.55. The van der Waals surface area contributed by atoms with Crippen molar-refractivity contribution in [1.82, 2.24) is 15.5 Å². The molecule has 0 aromatic heterocycles. The number of carbonyl (C=O) groups is 3. The Morgan fingerprint density at radius 1 is 1.32 bits per heavy atom. The van der Waals surface area contributed by atoms with Crippen molar-refractivity contribution in [3.8, 4) is 0 Å². The number of benzene rings is 1. The summed E-state index contributed by atoms with van der Waals surface area (Å²) >= 11 is 16.4. The number of aliphatic hydroxyl groups excluding tert-OH is 1. The molecule has 168 valence electrons. The first-order valence-electron chi connectivity index (χ1n) is 9.68. The van der Waals surface area contributed by atoms with E-state index in [9.17, 15) is 19.5 Å². The van der Waals surface area contributed by atoms with Crippen molar-refractivity contribution in [3.05, 3.63) is 45.6 Å². The number of nitrogens with one attached hydrogen (secondary N) is 2. The molecule has 0 saturated carbocycles. The number of aliphatic imine (C=N–C) groups is 1. The molecular formula is C20H24Cl2N4O4S. The van der Waals surface area contributed by atoms with Crippen LogP contribution in [-0.4, -0.2) is 65.5 Å². The molecule has 8 nitrogen and oxygen atoms in total. The molecular weight excluding hydrogens is 463 g/mol. The van der Waals surface area contributed by atoms with E-state index in [0.29, 0.717) is 38.0 Å². The molecule has 1 fully saturated rings. The average molecular weight is 487 g/mol. The van der Waals surface area contributed by atoms with Gasteiger partial charge in [0.2, 0.25) is 6.41 Å². The van der Waals surface area contributed by atoms with E-state index in [0.717, 1.165) is 0 Å². The van der Waals surface area contributed by atoms with Gasteiger partial charge >= 0.3 is 0 Å². The minimum absolute atomic E-state index is 0.181. The van der Waals surface area contributed by atoms with Crippen LogP contribution in [0.25, 0.3) is 0 Å². The van der Waals surface area contributed by atoms with E-state index in [1.807, 2.05) is 0 Å². The minimum Gasteiger partial charge on any atom is -0.503 e. The monoisotopic (exact) mass is 486 g/mol. The number of rotatable bonds is 9. The number of likely N-dealkylation sites (tertiary alicyclic amines) is 1. The second-order valence-corrected chi connectivity index (χ2v) is 7.91. The van der Waals surface area contributed by atoms with Gasteiger partial charge < -0.3 is 20.6 Å². The molecule has 3 N–H and O–H groups in total. The Bertz CT molecular complexity index is 858. The number of amides is 3. The summed E-state index contributed by atoms with van der Waals surface area (Å²) in [6.45, 7) is 0.857. The fraction of sp³-hybridized carbons (Fsp3) is 0.400. The second kappa shape index (κ2) is 12.6. The van der Waals surface area contributed by atoms with E-state index in [4.69, 9.17) is 23.2 Å². The lowest BCUT2D eigenvalue weighted by molar-refractivity contribution is -0.118. The highest BCUT2D eigenvalue weighted by Gasteiger charge is 2.35. The summed E-state index contributed by atoms with van der Waals surface area (Å²) in [5, 5.41) is 15.5. The molecule has 1 aromatic carbocycles. The highest BCUT2D eigenvalue weighted by atomic mass is 35.5. The van der Waals surface area contributed by atoms with E-state index in [1.54, 1.807) is 23.1 Å². The van der Waals surface area contributed by atoms with Crippen LogP contribution in [0.3, 0.4) is 0 Å². The van der Waals surface area contributed by atoms with Gasteiger partial charge in [0.15, 0.2) is 5.76 Å². The molecule has 0 bridgehead atoms. The molecule has 1 aromatic rings. The zero-order valence-corrected chi connectivity index (χ0v) is 19.1. The Kier molecular flexibility index (Phi) is 10.2. The quantitative estimate of drug-likeness (QED) is 0.0816. The number of halogens is 2. The Morgan fingerprint density at radius 2 is 2.03 bits per heavy atom. The van der Waals surface area contributed by atoms with E-state index >= 15 is 0 Å². The summed E-state index contributed by atoms with van der Waals surface area (Å²) < 4.78 is 0. The van der Waals surface area contributed by atoms with Gasteiger partial charge in [-0.2, -0.15) is 12.6 Å². The first kappa shape index (κ1) is 25.0. The fourth-order valence-electron chi connectivity index (χ4n) is 3.14. The standard InChI is InChI=1S/C20H24Cl2N4O4S/c21-13-4-1-5-14(22)17(13)20(30)26-10-2-6-15(26)18(24-9-8-23-12-27)25-19(29)16(28)7-3-11-31/h1,4-5,7,12,15,28,31H,2-3,6,8-11H2,(H,23,27)(H,24,25,29)/b16-7-. The molecule has 0 aliphatic carbocycles. The molecule has 0 spiro atoms. The molecule has 1 saturated heterocycles. The summed E-state index contributed by atoms with van der Waals surface area (Å²) in [6, 6.07) is 4.27. The minimum atomic E-state index is -0.737. The number of allylic oxidation sites excluding steroid dienone is 1. The van der Waals surface area contributed by atoms with E-state index < -0.39 is 17.7 Å². The van der Waals surface area contributed by atoms with Gasteiger partial charge in [0.05, 0.1) is 28.2 Å². The van der Waals surface area contributed by atoms with Crippen molar-refractivity contribution in [2.45, 2.75) is 25.3 Å². The molecule has 1 heterocycles. The maximum atomic E-state index is 13.2. The van der Waals surface area contributed by atoms with E-state index in [1.165, 1.54) is 6.08 Å². The van der Waals surface area contributed by atoms with Gasteiger partial charge in [0.1, 0.15) is 5.84 Å². The smallest absolute Gasteiger partial charge is 0.291 e. The highest BCUT2D eigenvalue weighted by Crippen LogP contribution is 2.29. The third-order valence-corrected chi connectivity index (χ3v) is 5.46. The number of amidine groups is 1. The number of carbonyl (C=O) groups excluding carboxylic acids is 3. The first-order valence-corrected chi connectivity index (χ1v) is 11.1. The third kappa shape index (κ3) is 6.88. The average Bonchev–Trinajstić information content (AvgIpc) is 3.23. The van der Waals surface area contributed by atoms with Crippen LogP contribution in [0.15, 0.2) is 35.0 Å². The molecule has 1 atom stereocenters. The number of nitrogens with zero attached hydrogens (tertiary/aromatic N) is 2. The maximum Gasteiger partial charge on any atom is 0.291 e. The SMILES string of the molecule is O=CNCCN=C(NC(=O)/C(O)=C/CCS)C1CCCN1C(=O)c1c(Cl)cccc1Cl. The molecule has 2 rings (SSSR count). The van der Waals surface area contributed by atoms with Gasteiger partial charge in [-0.05, 0) is 43.2 Å². The van der Waals surface area contributed by atoms with Crippen molar-refractivity contribution in [3.63, 3.8) is 0 Å². The summed E-state index contributed by atoms with van der Waals surface area (Å²) in [5.74, 6) is -0.880. The van der Waals surface area contributed by atoms with Crippen LogP contribution in [0.1, 0.15) is 29.6 Å². The summed E-state index contributed by atoms with van der Waals surface area (Å²) in [4.78, 5) is 42.0. The predicted molar refractivity (Wildman–Crippen MR) is 124 cm³/mol. The van der Waals surface area contributed by atoms with Gasteiger partial charge in [-0.3, -0.25) is 19.4 Å². The van der Waals surface area contributed by atoms with E-state index in [-0.39, 0.29) is 40.4 Å². The Hall–Kier alpha value is -2.23. The van der Waals surface area contributed by atoms with Crippen molar-refractivity contribution >= 4 is 59.9 Å². The zero-order valence-electron chi connectivity index (χ0n) is 16.7. The van der Waals surface area contributed by atoms with Gasteiger partial charge in [-0.1, -0.05) is 29.3 Å². The lowest BCUT2D eigenvalue weighted by Gasteiger charge is -2.27. The van der Waals surface area contributed by atoms with Crippen LogP contribution in [-0.2, 0) is 9.59 Å². The Labute approximate surface area is 196 Å². The van der Waals surface area contributed by atoms with Gasteiger partial charge in [0.25, 0.3) is 11.8 Å². The summed E-state index contributed by atoms with van der Waals surface area (Å²) in [5.41, 5.74) is 0.183. The second-order valence-electron chi connectivity index (χ2n) is 6.65. The first-order chi connectivity index (χ1) is 14.9. The highest BCUT2D eigenvalue weighted by molar-refractivity contribution is 7.80. The van der Waals surface area contributed by atoms with E-state index in [2.05, 4.69) is 28.3 Å². The van der Waals surface area contributed by atoms with Gasteiger partial charge in [-0.15, -0.1) is 0 Å². The number of thiol groups is 1. The Balaban J connectivity index is 2.29. The number of hydrogen-bond donors (Lipinski definition) is 4. The maximum absolute atomic E-state index is 13.2. The molecule has 31 heavy (non-hydrogen) atoms. The van der Waals surface area contributed by atoms with Crippen LogP contribution in [0, 0.1) is 0 Å². The van der Waals surface area contributed by atoms with Crippen molar-refractivity contribution < 1.29 is 19.5 Å². The molecule has 1 aliphatic heterocycles. The topological polar surface area (TPSA) is 111 Å². The summed E-state index contributed by atoms with van der Waals surface area (Å²) in [7, 11) is 0. The van der Waals surface area contributed by atoms with Crippen molar-refractivity contribution in [2.24, 2.45) is 4.99 Å². The molecule has 1 unspecified atom stereocenters. The van der Waals surface area contributed by atoms with Crippen LogP contribution >= 0.6 is 35.8 Å². The predicted octanol–water partition coefficient (Wildman–Crippen LogP) is 2.62. The zero-order chi connectivity index (χ0) is 22.8. The lowest BCUT2D eigenvalue weighted by Crippen LogP contribution is -2.48. The van der Waals surface area contributed by atoms with Crippen LogP contribution < -0.4 is 10.6 Å². The fourth-order valence-corrected chi connectivity index (χ4v) is 3.83. The molecule has 1 aliphatic rings. The molecule has 11 heteroatoms. The Morgan fingerprint density at radius 3 is 2.68 bits per heavy atom. The number of hydrogen-bond acceptors (Lipinski definition) is 6. The molecule has 0 radical (unpaired) electrons. The lowest BCUT2D eigenvalue weighted by atomic mass is 10.1. The van der Waals surface area contributed by atoms with Crippen LogP contribution in [0.2, 0.25) is 10.0 Å². The van der Waals surface area contributed by atoms with Crippen LogP contribution in [0.5, 0.6) is 0 Å². The largest absolute Gasteiger partial charge is 0.503 e. The van der Waals surface area contributed by atoms with Crippen molar-refractivity contribution in [1.29, 1.82) is 0 Å². The third-order valence-electron chi connectivity index (χ3n) is 4.57. The normalized spacial score (nSPS) is 16.9. The molecule has 3 amide bonds. The van der Waals surface area contributed by atoms with Gasteiger partial charge in [0, 0.05) is 13.1 Å². The van der Waals surface area contributed by atoms with Gasteiger partial charge in [-0.25, -0.2) is 0 Å².